The molecular weight excluding hydrogens is 320 g/mol. The normalized spacial score (nSPS) is 10.8. The highest BCUT2D eigenvalue weighted by Crippen LogP contribution is 2.20. The van der Waals surface area contributed by atoms with E-state index in [0.717, 1.165) is 23.1 Å². The van der Waals surface area contributed by atoms with E-state index >= 15 is 0 Å². The molecule has 5 heteroatoms. The summed E-state index contributed by atoms with van der Waals surface area (Å²) in [6.07, 6.45) is 3.56. The van der Waals surface area contributed by atoms with E-state index in [2.05, 4.69) is 25.8 Å². The molecule has 2 rings (SSSR count). The van der Waals surface area contributed by atoms with Gasteiger partial charge in [-0.25, -0.2) is 4.79 Å². The molecule has 1 N–H and O–H groups in total. The summed E-state index contributed by atoms with van der Waals surface area (Å²) in [7, 11) is 2.03. The average molecular weight is 335 g/mol. The van der Waals surface area contributed by atoms with E-state index in [4.69, 9.17) is 5.11 Å². The number of carboxylic acids is 1. The summed E-state index contributed by atoms with van der Waals surface area (Å²) in [5.41, 5.74) is 2.55. The van der Waals surface area contributed by atoms with Crippen LogP contribution in [-0.2, 0) is 13.1 Å². The highest BCUT2D eigenvalue weighted by atomic mass is 79.9. The Morgan fingerprint density at radius 1 is 1.25 bits per heavy atom. The van der Waals surface area contributed by atoms with E-state index in [9.17, 15) is 4.79 Å². The molecule has 1 aromatic carbocycles. The Balaban J connectivity index is 2.04. The number of benzene rings is 1. The number of carboxylic acid groups (broad SMARTS) is 1. The number of pyridine rings is 1. The molecule has 20 heavy (non-hydrogen) atoms. The molecule has 0 fully saturated rings. The second kappa shape index (κ2) is 6.63. The number of hydrogen-bond acceptors (Lipinski definition) is 3. The zero-order chi connectivity index (χ0) is 14.5. The molecule has 0 aliphatic carbocycles. The lowest BCUT2D eigenvalue weighted by atomic mass is 10.1. The lowest BCUT2D eigenvalue weighted by molar-refractivity contribution is 0.0697. The zero-order valence-corrected chi connectivity index (χ0v) is 12.7. The van der Waals surface area contributed by atoms with Gasteiger partial charge in [0, 0.05) is 30.0 Å². The molecule has 0 atom stereocenters. The summed E-state index contributed by atoms with van der Waals surface area (Å²) in [4.78, 5) is 17.0. The van der Waals surface area contributed by atoms with Crippen molar-refractivity contribution in [3.8, 4) is 0 Å². The highest BCUT2D eigenvalue weighted by Gasteiger charge is 2.09. The van der Waals surface area contributed by atoms with Crippen LogP contribution in [0.15, 0.2) is 47.2 Å². The van der Waals surface area contributed by atoms with Crippen LogP contribution in [0.5, 0.6) is 0 Å². The predicted octanol–water partition coefficient (Wildman–Crippen LogP) is 3.17. The number of halogens is 1. The first-order valence-electron chi connectivity index (χ1n) is 6.15. The van der Waals surface area contributed by atoms with Crippen molar-refractivity contribution >= 4 is 21.9 Å². The number of hydrogen-bond donors (Lipinski definition) is 1. The Bertz CT molecular complexity index is 602. The topological polar surface area (TPSA) is 53.4 Å². The summed E-state index contributed by atoms with van der Waals surface area (Å²) in [5, 5.41) is 8.94. The van der Waals surface area contributed by atoms with Crippen molar-refractivity contribution in [3.63, 3.8) is 0 Å². The van der Waals surface area contributed by atoms with Gasteiger partial charge in [-0.05, 0) is 42.4 Å². The molecule has 0 aliphatic rings. The number of aromatic nitrogens is 1. The largest absolute Gasteiger partial charge is 0.478 e. The van der Waals surface area contributed by atoms with E-state index in [1.54, 1.807) is 24.5 Å². The van der Waals surface area contributed by atoms with E-state index in [0.29, 0.717) is 0 Å². The molecule has 0 radical (unpaired) electrons. The minimum atomic E-state index is -0.914. The summed E-state index contributed by atoms with van der Waals surface area (Å²) >= 11 is 3.43. The van der Waals surface area contributed by atoms with Gasteiger partial charge in [-0.15, -0.1) is 0 Å². The van der Waals surface area contributed by atoms with Crippen molar-refractivity contribution in [2.24, 2.45) is 0 Å². The number of aromatic carboxylic acids is 1. The van der Waals surface area contributed by atoms with Crippen LogP contribution < -0.4 is 0 Å². The third-order valence-electron chi connectivity index (χ3n) is 2.94. The summed E-state index contributed by atoms with van der Waals surface area (Å²) in [5.74, 6) is -0.914. The van der Waals surface area contributed by atoms with Gasteiger partial charge in [0.15, 0.2) is 0 Å². The number of rotatable bonds is 5. The molecule has 0 spiro atoms. The molecular formula is C15H15BrN2O2. The van der Waals surface area contributed by atoms with Gasteiger partial charge < -0.3 is 5.11 Å². The first kappa shape index (κ1) is 14.7. The van der Waals surface area contributed by atoms with Gasteiger partial charge >= 0.3 is 5.97 Å². The fourth-order valence-corrected chi connectivity index (χ4v) is 2.46. The van der Waals surface area contributed by atoms with Crippen molar-refractivity contribution in [2.75, 3.05) is 7.05 Å². The maximum Gasteiger partial charge on any atom is 0.335 e. The lowest BCUT2D eigenvalue weighted by Crippen LogP contribution is -2.17. The smallest absolute Gasteiger partial charge is 0.335 e. The lowest BCUT2D eigenvalue weighted by Gasteiger charge is -2.17. The molecule has 0 aliphatic heterocycles. The van der Waals surface area contributed by atoms with Crippen molar-refractivity contribution < 1.29 is 9.90 Å². The quantitative estimate of drug-likeness (QED) is 0.912. The first-order valence-corrected chi connectivity index (χ1v) is 6.94. The van der Waals surface area contributed by atoms with Crippen LogP contribution in [0.1, 0.15) is 21.5 Å². The maximum atomic E-state index is 10.9. The Hall–Kier alpha value is -1.72. The summed E-state index contributed by atoms with van der Waals surface area (Å²) in [6, 6.07) is 9.08. The van der Waals surface area contributed by atoms with E-state index < -0.39 is 5.97 Å². The fourth-order valence-electron chi connectivity index (χ4n) is 1.96. The SMILES string of the molecule is CN(Cc1ccncc1)Cc1ccc(C(=O)O)cc1Br. The third kappa shape index (κ3) is 3.88. The van der Waals surface area contributed by atoms with Crippen LogP contribution in [0.25, 0.3) is 0 Å². The van der Waals surface area contributed by atoms with Crippen molar-refractivity contribution in [1.82, 2.24) is 9.88 Å². The minimum Gasteiger partial charge on any atom is -0.478 e. The van der Waals surface area contributed by atoms with Crippen LogP contribution in [0.3, 0.4) is 0 Å². The first-order chi connectivity index (χ1) is 9.56. The Labute approximate surface area is 126 Å². The average Bonchev–Trinajstić information content (AvgIpc) is 2.42. The van der Waals surface area contributed by atoms with Gasteiger partial charge in [0.1, 0.15) is 0 Å². The second-order valence-electron chi connectivity index (χ2n) is 4.64. The van der Waals surface area contributed by atoms with Gasteiger partial charge in [-0.3, -0.25) is 9.88 Å². The Morgan fingerprint density at radius 2 is 1.95 bits per heavy atom. The van der Waals surface area contributed by atoms with Crippen molar-refractivity contribution in [1.29, 1.82) is 0 Å². The molecule has 0 saturated heterocycles. The highest BCUT2D eigenvalue weighted by molar-refractivity contribution is 9.10. The number of carbonyl (C=O) groups is 1. The van der Waals surface area contributed by atoms with Crippen LogP contribution >= 0.6 is 15.9 Å². The van der Waals surface area contributed by atoms with Crippen LogP contribution in [0, 0.1) is 0 Å². The van der Waals surface area contributed by atoms with Gasteiger partial charge in [-0.1, -0.05) is 22.0 Å². The van der Waals surface area contributed by atoms with E-state index in [1.807, 2.05) is 25.2 Å². The second-order valence-corrected chi connectivity index (χ2v) is 5.49. The molecule has 4 nitrogen and oxygen atoms in total. The zero-order valence-electron chi connectivity index (χ0n) is 11.1. The standard InChI is InChI=1S/C15H15BrN2O2/c1-18(9-11-4-6-17-7-5-11)10-13-3-2-12(15(19)20)8-14(13)16/h2-8H,9-10H2,1H3,(H,19,20). The molecule has 1 aromatic heterocycles. The Kier molecular flexibility index (Phi) is 4.87. The molecule has 104 valence electrons. The van der Waals surface area contributed by atoms with Crippen LogP contribution in [-0.4, -0.2) is 28.0 Å². The summed E-state index contributed by atoms with van der Waals surface area (Å²) < 4.78 is 0.818. The van der Waals surface area contributed by atoms with Crippen LogP contribution in [0.2, 0.25) is 0 Å². The minimum absolute atomic E-state index is 0.289. The van der Waals surface area contributed by atoms with Gasteiger partial charge in [-0.2, -0.15) is 0 Å². The van der Waals surface area contributed by atoms with E-state index in [-0.39, 0.29) is 5.56 Å². The molecule has 0 amide bonds. The summed E-state index contributed by atoms with van der Waals surface area (Å²) in [6.45, 7) is 1.55. The van der Waals surface area contributed by atoms with E-state index in [1.165, 1.54) is 5.56 Å². The van der Waals surface area contributed by atoms with Gasteiger partial charge in [0.25, 0.3) is 0 Å². The molecule has 0 saturated carbocycles. The maximum absolute atomic E-state index is 10.9. The van der Waals surface area contributed by atoms with Crippen molar-refractivity contribution in [2.45, 2.75) is 13.1 Å². The molecule has 0 unspecified atom stereocenters. The third-order valence-corrected chi connectivity index (χ3v) is 3.68. The van der Waals surface area contributed by atoms with Crippen LogP contribution in [0.4, 0.5) is 0 Å². The van der Waals surface area contributed by atoms with Gasteiger partial charge in [0.05, 0.1) is 5.56 Å². The Morgan fingerprint density at radius 3 is 2.55 bits per heavy atom. The fraction of sp³-hybridized carbons (Fsp3) is 0.200. The van der Waals surface area contributed by atoms with Crippen molar-refractivity contribution in [3.05, 3.63) is 63.9 Å². The molecule has 0 bridgehead atoms. The number of nitrogens with zero attached hydrogens (tertiary/aromatic N) is 2. The monoisotopic (exact) mass is 334 g/mol. The molecule has 1 heterocycles. The van der Waals surface area contributed by atoms with Gasteiger partial charge in [0.2, 0.25) is 0 Å². The predicted molar refractivity (Wildman–Crippen MR) is 80.5 cm³/mol. The molecule has 2 aromatic rings.